The quantitative estimate of drug-likeness (QED) is 0.716. The fraction of sp³-hybridized carbons (Fsp3) is 0.333. The van der Waals surface area contributed by atoms with Crippen molar-refractivity contribution >= 4 is 24.3 Å². The second kappa shape index (κ2) is 6.37. The number of carboxylic acids is 1. The lowest BCUT2D eigenvalue weighted by Gasteiger charge is -2.32. The normalized spacial score (nSPS) is 14.8. The molecule has 0 heterocycles. The van der Waals surface area contributed by atoms with Gasteiger partial charge in [0.1, 0.15) is 0 Å². The first-order chi connectivity index (χ1) is 7.88. The van der Waals surface area contributed by atoms with Crippen LogP contribution in [0.3, 0.4) is 0 Å². The van der Waals surface area contributed by atoms with Gasteiger partial charge in [0.2, 0.25) is 5.91 Å². The van der Waals surface area contributed by atoms with Crippen LogP contribution in [0, 0.1) is 0 Å². The third-order valence-electron chi connectivity index (χ3n) is 2.72. The molecule has 1 aromatic carbocycles. The van der Waals surface area contributed by atoms with Crippen molar-refractivity contribution in [3.63, 3.8) is 0 Å². The molecule has 0 bridgehead atoms. The summed E-state index contributed by atoms with van der Waals surface area (Å²) >= 11 is 0. The average Bonchev–Trinajstić information content (AvgIpc) is 2.28. The molecule has 4 N–H and O–H groups in total. The van der Waals surface area contributed by atoms with Crippen LogP contribution in [0.1, 0.15) is 25.3 Å². The number of nitrogens with one attached hydrogen (secondary N) is 1. The lowest BCUT2D eigenvalue weighted by Crippen LogP contribution is -2.64. The molecule has 2 unspecified atom stereocenters. The van der Waals surface area contributed by atoms with Crippen molar-refractivity contribution in [3.8, 4) is 0 Å². The highest BCUT2D eigenvalue weighted by Crippen LogP contribution is 2.24. The number of amides is 1. The number of benzene rings is 1. The second-order valence-electron chi connectivity index (χ2n) is 3.99. The Morgan fingerprint density at radius 3 is 2.22 bits per heavy atom. The molecule has 18 heavy (non-hydrogen) atoms. The topological polar surface area (TPSA) is 92.4 Å². The molecule has 0 aliphatic rings. The van der Waals surface area contributed by atoms with E-state index in [2.05, 4.69) is 5.32 Å². The van der Waals surface area contributed by atoms with Gasteiger partial charge >= 0.3 is 5.97 Å². The van der Waals surface area contributed by atoms with Gasteiger partial charge in [-0.05, 0) is 5.56 Å². The number of hydrogen-bond acceptors (Lipinski definition) is 3. The summed E-state index contributed by atoms with van der Waals surface area (Å²) in [4.78, 5) is 22.3. The fourth-order valence-electron chi connectivity index (χ4n) is 1.64. The summed E-state index contributed by atoms with van der Waals surface area (Å²) in [5, 5.41) is 11.5. The third kappa shape index (κ3) is 3.45. The lowest BCUT2D eigenvalue weighted by molar-refractivity contribution is -0.148. The van der Waals surface area contributed by atoms with Crippen molar-refractivity contribution in [3.05, 3.63) is 35.9 Å². The Morgan fingerprint density at radius 1 is 1.33 bits per heavy atom. The molecular weight excluding hydrogens is 256 g/mol. The summed E-state index contributed by atoms with van der Waals surface area (Å²) in [6.07, 6.45) is 0. The van der Waals surface area contributed by atoms with E-state index in [0.29, 0.717) is 0 Å². The maximum absolute atomic E-state index is 11.2. The number of rotatable bonds is 4. The standard InChI is InChI=1S/C12H16N2O3.ClH/c1-8(10-6-4-3-5-7-10)12(13,11(16)17)14-9(2)15;/h3-8H,13H2,1-2H3,(H,14,15)(H,16,17);1H. The van der Waals surface area contributed by atoms with Crippen LogP contribution in [0.25, 0.3) is 0 Å². The zero-order valence-corrected chi connectivity index (χ0v) is 11.0. The molecular formula is C12H17ClN2O3. The first-order valence-corrected chi connectivity index (χ1v) is 5.24. The van der Waals surface area contributed by atoms with Crippen LogP contribution in [0.15, 0.2) is 30.3 Å². The summed E-state index contributed by atoms with van der Waals surface area (Å²) in [6.45, 7) is 2.90. The largest absolute Gasteiger partial charge is 0.478 e. The third-order valence-corrected chi connectivity index (χ3v) is 2.72. The van der Waals surface area contributed by atoms with Crippen molar-refractivity contribution < 1.29 is 14.7 Å². The van der Waals surface area contributed by atoms with Crippen molar-refractivity contribution in [2.45, 2.75) is 25.4 Å². The summed E-state index contributed by atoms with van der Waals surface area (Å²) in [5.41, 5.74) is 4.74. The molecule has 0 saturated carbocycles. The van der Waals surface area contributed by atoms with Gasteiger partial charge in [-0.15, -0.1) is 12.4 Å². The number of aliphatic carboxylic acids is 1. The molecule has 0 radical (unpaired) electrons. The highest BCUT2D eigenvalue weighted by Gasteiger charge is 2.41. The maximum atomic E-state index is 11.2. The van der Waals surface area contributed by atoms with Crippen LogP contribution in [-0.2, 0) is 9.59 Å². The number of carboxylic acid groups (broad SMARTS) is 1. The molecule has 0 aliphatic heterocycles. The van der Waals surface area contributed by atoms with Crippen LogP contribution >= 0.6 is 12.4 Å². The Bertz CT molecular complexity index is 425. The number of carbonyl (C=O) groups is 2. The van der Waals surface area contributed by atoms with E-state index in [4.69, 9.17) is 5.73 Å². The van der Waals surface area contributed by atoms with Gasteiger partial charge in [-0.3, -0.25) is 10.5 Å². The molecule has 0 aliphatic carbocycles. The molecule has 1 amide bonds. The van der Waals surface area contributed by atoms with E-state index in [-0.39, 0.29) is 12.4 Å². The van der Waals surface area contributed by atoms with Crippen LogP contribution < -0.4 is 11.1 Å². The first-order valence-electron chi connectivity index (χ1n) is 5.24. The number of carbonyl (C=O) groups excluding carboxylic acids is 1. The van der Waals surface area contributed by atoms with E-state index in [9.17, 15) is 14.7 Å². The molecule has 6 heteroatoms. The fourth-order valence-corrected chi connectivity index (χ4v) is 1.64. The second-order valence-corrected chi connectivity index (χ2v) is 3.99. The predicted octanol–water partition coefficient (Wildman–Crippen LogP) is 1.09. The molecule has 0 saturated heterocycles. The monoisotopic (exact) mass is 272 g/mol. The molecule has 5 nitrogen and oxygen atoms in total. The Kier molecular flexibility index (Phi) is 5.81. The number of hydrogen-bond donors (Lipinski definition) is 3. The van der Waals surface area contributed by atoms with E-state index in [1.807, 2.05) is 6.07 Å². The van der Waals surface area contributed by atoms with Crippen molar-refractivity contribution in [2.24, 2.45) is 5.73 Å². The van der Waals surface area contributed by atoms with Gasteiger partial charge in [0, 0.05) is 12.8 Å². The molecule has 2 atom stereocenters. The van der Waals surface area contributed by atoms with Crippen molar-refractivity contribution in [1.29, 1.82) is 0 Å². The Hall–Kier alpha value is -1.59. The van der Waals surface area contributed by atoms with E-state index >= 15 is 0 Å². The Labute approximate surface area is 112 Å². The van der Waals surface area contributed by atoms with Gasteiger partial charge in [0.15, 0.2) is 5.66 Å². The molecule has 100 valence electrons. The van der Waals surface area contributed by atoms with Gasteiger partial charge in [-0.1, -0.05) is 37.3 Å². The zero-order valence-electron chi connectivity index (χ0n) is 10.2. The Balaban J connectivity index is 0.00000289. The molecule has 0 aromatic heterocycles. The van der Waals surface area contributed by atoms with E-state index < -0.39 is 23.5 Å². The van der Waals surface area contributed by atoms with Gasteiger partial charge in [0.05, 0.1) is 0 Å². The average molecular weight is 273 g/mol. The smallest absolute Gasteiger partial charge is 0.345 e. The Morgan fingerprint density at radius 2 is 1.83 bits per heavy atom. The van der Waals surface area contributed by atoms with Crippen LogP contribution in [-0.4, -0.2) is 22.6 Å². The highest BCUT2D eigenvalue weighted by molar-refractivity contribution is 5.86. The maximum Gasteiger partial charge on any atom is 0.345 e. The predicted molar refractivity (Wildman–Crippen MR) is 70.5 cm³/mol. The first kappa shape index (κ1) is 16.4. The van der Waals surface area contributed by atoms with E-state index in [1.165, 1.54) is 6.92 Å². The molecule has 0 spiro atoms. The van der Waals surface area contributed by atoms with Gasteiger partial charge in [0.25, 0.3) is 0 Å². The molecule has 1 rings (SSSR count). The van der Waals surface area contributed by atoms with Crippen molar-refractivity contribution in [2.75, 3.05) is 0 Å². The minimum absolute atomic E-state index is 0. The summed E-state index contributed by atoms with van der Waals surface area (Å²) in [7, 11) is 0. The van der Waals surface area contributed by atoms with Gasteiger partial charge in [-0.2, -0.15) is 0 Å². The van der Waals surface area contributed by atoms with Crippen molar-refractivity contribution in [1.82, 2.24) is 5.32 Å². The van der Waals surface area contributed by atoms with E-state index in [0.717, 1.165) is 5.56 Å². The number of halogens is 1. The van der Waals surface area contributed by atoms with Crippen LogP contribution in [0.2, 0.25) is 0 Å². The van der Waals surface area contributed by atoms with Gasteiger partial charge < -0.3 is 10.4 Å². The molecule has 1 aromatic rings. The zero-order chi connectivity index (χ0) is 13.1. The SMILES string of the molecule is CC(=O)NC(N)(C(=O)O)C(C)c1ccccc1.Cl. The van der Waals surface area contributed by atoms with Crippen LogP contribution in [0.4, 0.5) is 0 Å². The van der Waals surface area contributed by atoms with Crippen LogP contribution in [0.5, 0.6) is 0 Å². The number of nitrogens with two attached hydrogens (primary N) is 1. The summed E-state index contributed by atoms with van der Waals surface area (Å²) in [6, 6.07) is 8.96. The van der Waals surface area contributed by atoms with Gasteiger partial charge in [-0.25, -0.2) is 4.79 Å². The minimum atomic E-state index is -1.80. The minimum Gasteiger partial charge on any atom is -0.478 e. The lowest BCUT2D eigenvalue weighted by atomic mass is 9.88. The van der Waals surface area contributed by atoms with E-state index in [1.54, 1.807) is 31.2 Å². The molecule has 0 fully saturated rings. The summed E-state index contributed by atoms with van der Waals surface area (Å²) in [5.74, 6) is -2.27. The highest BCUT2D eigenvalue weighted by atomic mass is 35.5. The summed E-state index contributed by atoms with van der Waals surface area (Å²) < 4.78 is 0.